The topological polar surface area (TPSA) is 134 Å². The number of carbonyl (C=O) groups is 2. The van der Waals surface area contributed by atoms with E-state index >= 15 is 0 Å². The maximum atomic E-state index is 12.0. The first-order chi connectivity index (χ1) is 11.3. The van der Waals surface area contributed by atoms with Crippen molar-refractivity contribution in [2.24, 2.45) is 5.11 Å². The predicted octanol–water partition coefficient (Wildman–Crippen LogP) is 2.04. The fourth-order valence-electron chi connectivity index (χ4n) is 1.50. The average Bonchev–Trinajstić information content (AvgIpc) is 2.46. The van der Waals surface area contributed by atoms with Crippen LogP contribution >= 0.6 is 0 Å². The Balaban J connectivity index is 4.06. The Bertz CT molecular complexity index is 431. The lowest BCUT2D eigenvalue weighted by Crippen LogP contribution is -2.40. The summed E-state index contributed by atoms with van der Waals surface area (Å²) in [5, 5.41) is 12.1. The van der Waals surface area contributed by atoms with E-state index in [1.54, 1.807) is 20.8 Å². The molecule has 0 spiro atoms. The molecule has 0 rings (SSSR count). The lowest BCUT2D eigenvalue weighted by molar-refractivity contribution is -0.137. The van der Waals surface area contributed by atoms with Crippen molar-refractivity contribution in [1.29, 1.82) is 0 Å². The van der Waals surface area contributed by atoms with Crippen molar-refractivity contribution in [3.63, 3.8) is 0 Å². The van der Waals surface area contributed by atoms with Crippen molar-refractivity contribution >= 4 is 12.1 Å². The number of hydrogen-bond acceptors (Lipinski definition) is 6. The standard InChI is InChI=1S/C14H26N4O6/c1-14(2,3)24-13(21)18(6-4-12(19)20)7-9-23-11-10-22-8-5-16-17-15/h4-11H2,1-3H3,(H,19,20). The van der Waals surface area contributed by atoms with Crippen LogP contribution in [0.3, 0.4) is 0 Å². The molecule has 0 aliphatic carbocycles. The van der Waals surface area contributed by atoms with E-state index in [0.29, 0.717) is 19.8 Å². The van der Waals surface area contributed by atoms with Crippen LogP contribution < -0.4 is 0 Å². The van der Waals surface area contributed by atoms with Gasteiger partial charge in [0.15, 0.2) is 0 Å². The Kier molecular flexibility index (Phi) is 11.4. The van der Waals surface area contributed by atoms with Crippen molar-refractivity contribution in [3.05, 3.63) is 10.4 Å². The van der Waals surface area contributed by atoms with Gasteiger partial charge in [-0.05, 0) is 26.3 Å². The van der Waals surface area contributed by atoms with Crippen molar-refractivity contribution in [2.75, 3.05) is 46.1 Å². The van der Waals surface area contributed by atoms with Crippen LogP contribution in [0.25, 0.3) is 10.4 Å². The van der Waals surface area contributed by atoms with Crippen LogP contribution in [0.4, 0.5) is 4.79 Å². The first kappa shape index (κ1) is 22.0. The number of ether oxygens (including phenoxy) is 3. The van der Waals surface area contributed by atoms with Crippen LogP contribution in [-0.2, 0) is 19.0 Å². The average molecular weight is 346 g/mol. The molecule has 1 amide bonds. The molecule has 0 fully saturated rings. The molecule has 1 N–H and O–H groups in total. The summed E-state index contributed by atoms with van der Waals surface area (Å²) < 4.78 is 15.7. The minimum absolute atomic E-state index is 0.0519. The minimum Gasteiger partial charge on any atom is -0.481 e. The molecular formula is C14H26N4O6. The van der Waals surface area contributed by atoms with Crippen LogP contribution in [0.2, 0.25) is 0 Å². The molecule has 24 heavy (non-hydrogen) atoms. The van der Waals surface area contributed by atoms with Gasteiger partial charge in [-0.2, -0.15) is 0 Å². The molecule has 0 aliphatic heterocycles. The molecule has 0 saturated heterocycles. The first-order valence-electron chi connectivity index (χ1n) is 7.62. The van der Waals surface area contributed by atoms with E-state index < -0.39 is 17.7 Å². The highest BCUT2D eigenvalue weighted by Gasteiger charge is 2.22. The zero-order valence-corrected chi connectivity index (χ0v) is 14.4. The van der Waals surface area contributed by atoms with Gasteiger partial charge in [-0.1, -0.05) is 5.11 Å². The number of rotatable bonds is 12. The number of carboxylic acid groups (broad SMARTS) is 1. The van der Waals surface area contributed by atoms with Gasteiger partial charge >= 0.3 is 12.1 Å². The maximum Gasteiger partial charge on any atom is 0.410 e. The third-order valence-electron chi connectivity index (χ3n) is 2.52. The smallest absolute Gasteiger partial charge is 0.410 e. The second-order valence-corrected chi connectivity index (χ2v) is 5.79. The normalized spacial score (nSPS) is 10.8. The van der Waals surface area contributed by atoms with Gasteiger partial charge in [0, 0.05) is 24.5 Å². The highest BCUT2D eigenvalue weighted by atomic mass is 16.6. The summed E-state index contributed by atoms with van der Waals surface area (Å²) in [6.45, 7) is 6.96. The molecule has 0 aromatic rings. The zero-order chi connectivity index (χ0) is 18.4. The molecule has 10 nitrogen and oxygen atoms in total. The largest absolute Gasteiger partial charge is 0.481 e. The fraction of sp³-hybridized carbons (Fsp3) is 0.857. The molecule has 0 saturated carbocycles. The Hall–Kier alpha value is -2.03. The van der Waals surface area contributed by atoms with E-state index in [2.05, 4.69) is 10.0 Å². The van der Waals surface area contributed by atoms with E-state index in [1.807, 2.05) is 0 Å². The summed E-state index contributed by atoms with van der Waals surface area (Å²) in [4.78, 5) is 26.6. The number of nitrogens with zero attached hydrogens (tertiary/aromatic N) is 4. The lowest BCUT2D eigenvalue weighted by Gasteiger charge is -2.27. The van der Waals surface area contributed by atoms with E-state index in [1.165, 1.54) is 4.90 Å². The zero-order valence-electron chi connectivity index (χ0n) is 14.4. The molecule has 0 aromatic carbocycles. The molecule has 0 radical (unpaired) electrons. The Morgan fingerprint density at radius 3 is 2.29 bits per heavy atom. The lowest BCUT2D eigenvalue weighted by atomic mass is 10.2. The fourth-order valence-corrected chi connectivity index (χ4v) is 1.50. The van der Waals surface area contributed by atoms with Crippen molar-refractivity contribution in [3.8, 4) is 0 Å². The second-order valence-electron chi connectivity index (χ2n) is 5.79. The summed E-state index contributed by atoms with van der Waals surface area (Å²) in [5.74, 6) is -0.988. The highest BCUT2D eigenvalue weighted by molar-refractivity contribution is 5.70. The van der Waals surface area contributed by atoms with Gasteiger partial charge in [0.05, 0.1) is 32.8 Å². The second kappa shape index (κ2) is 12.4. The van der Waals surface area contributed by atoms with E-state index in [0.717, 1.165) is 0 Å². The molecular weight excluding hydrogens is 320 g/mol. The molecule has 138 valence electrons. The van der Waals surface area contributed by atoms with Crippen LogP contribution in [-0.4, -0.2) is 73.7 Å². The first-order valence-corrected chi connectivity index (χ1v) is 7.62. The predicted molar refractivity (Wildman–Crippen MR) is 85.7 cm³/mol. The van der Waals surface area contributed by atoms with E-state index in [9.17, 15) is 9.59 Å². The quantitative estimate of drug-likeness (QED) is 0.249. The van der Waals surface area contributed by atoms with Crippen molar-refractivity contribution in [2.45, 2.75) is 32.8 Å². The van der Waals surface area contributed by atoms with Crippen LogP contribution in [0.1, 0.15) is 27.2 Å². The number of carbonyl (C=O) groups excluding carboxylic acids is 1. The van der Waals surface area contributed by atoms with Crippen LogP contribution in [0.5, 0.6) is 0 Å². The summed E-state index contributed by atoms with van der Waals surface area (Å²) >= 11 is 0. The van der Waals surface area contributed by atoms with Gasteiger partial charge in [-0.25, -0.2) is 4.79 Å². The summed E-state index contributed by atoms with van der Waals surface area (Å²) in [6.07, 6.45) is -0.736. The van der Waals surface area contributed by atoms with Gasteiger partial charge in [0.1, 0.15) is 5.60 Å². The van der Waals surface area contributed by atoms with Gasteiger partial charge in [0.25, 0.3) is 0 Å². The summed E-state index contributed by atoms with van der Waals surface area (Å²) in [7, 11) is 0. The SMILES string of the molecule is CC(C)(C)OC(=O)N(CCOCCOCCN=[N+]=[N-])CCC(=O)O. The minimum atomic E-state index is -0.988. The maximum absolute atomic E-state index is 12.0. The molecule has 0 unspecified atom stereocenters. The number of hydrogen-bond donors (Lipinski definition) is 1. The third kappa shape index (κ3) is 13.6. The highest BCUT2D eigenvalue weighted by Crippen LogP contribution is 2.10. The Morgan fingerprint density at radius 2 is 1.75 bits per heavy atom. The van der Waals surface area contributed by atoms with Crippen LogP contribution in [0, 0.1) is 0 Å². The third-order valence-corrected chi connectivity index (χ3v) is 2.52. The van der Waals surface area contributed by atoms with Crippen LogP contribution in [0.15, 0.2) is 5.11 Å². The Morgan fingerprint density at radius 1 is 1.12 bits per heavy atom. The number of amides is 1. The van der Waals surface area contributed by atoms with Crippen molar-refractivity contribution in [1.82, 2.24) is 4.90 Å². The van der Waals surface area contributed by atoms with Gasteiger partial charge in [-0.3, -0.25) is 4.79 Å². The van der Waals surface area contributed by atoms with Gasteiger partial charge in [-0.15, -0.1) is 0 Å². The van der Waals surface area contributed by atoms with Crippen molar-refractivity contribution < 1.29 is 28.9 Å². The molecule has 0 heterocycles. The molecule has 0 aliphatic rings. The van der Waals surface area contributed by atoms with Gasteiger partial charge < -0.3 is 24.2 Å². The summed E-state index contributed by atoms with van der Waals surface area (Å²) in [6, 6.07) is 0. The van der Waals surface area contributed by atoms with E-state index in [-0.39, 0.29) is 32.7 Å². The molecule has 0 bridgehead atoms. The molecule has 0 atom stereocenters. The number of azide groups is 1. The Labute approximate surface area is 141 Å². The number of carboxylic acids is 1. The monoisotopic (exact) mass is 346 g/mol. The molecule has 0 aromatic heterocycles. The van der Waals surface area contributed by atoms with Gasteiger partial charge in [0.2, 0.25) is 0 Å². The molecule has 10 heteroatoms. The summed E-state index contributed by atoms with van der Waals surface area (Å²) in [5.41, 5.74) is 7.43. The number of aliphatic carboxylic acids is 1. The van der Waals surface area contributed by atoms with E-state index in [4.69, 9.17) is 24.8 Å².